The van der Waals surface area contributed by atoms with Gasteiger partial charge >= 0.3 is 0 Å². The smallest absolute Gasteiger partial charge is 0.0744 e. The van der Waals surface area contributed by atoms with Crippen molar-refractivity contribution in [2.24, 2.45) is 12.0 Å². The van der Waals surface area contributed by atoms with Crippen LogP contribution in [-0.2, 0) is 13.5 Å². The summed E-state index contributed by atoms with van der Waals surface area (Å²) >= 11 is 3.74. The number of allylic oxidation sites excluding steroid dienone is 2. The first kappa shape index (κ1) is 24.2. The van der Waals surface area contributed by atoms with E-state index >= 15 is 0 Å². The highest BCUT2D eigenvalue weighted by molar-refractivity contribution is 9.10. The van der Waals surface area contributed by atoms with Crippen LogP contribution in [0, 0.1) is 0 Å². The van der Waals surface area contributed by atoms with Gasteiger partial charge in [-0.05, 0) is 71.2 Å². The molecule has 1 aromatic heterocycles. The molecule has 4 aromatic rings. The van der Waals surface area contributed by atoms with Gasteiger partial charge in [0.05, 0.1) is 22.8 Å². The molecular weight excluding hydrogens is 516 g/mol. The Labute approximate surface area is 228 Å². The normalized spacial score (nSPS) is 15.9. The van der Waals surface area contributed by atoms with Crippen molar-refractivity contribution in [1.82, 2.24) is 4.57 Å². The van der Waals surface area contributed by atoms with Crippen LogP contribution in [0.5, 0.6) is 0 Å². The van der Waals surface area contributed by atoms with E-state index in [2.05, 4.69) is 128 Å². The fraction of sp³-hybridized carbons (Fsp3) is 0.265. The van der Waals surface area contributed by atoms with Crippen LogP contribution in [0.2, 0.25) is 0 Å². The number of fused-ring (bicyclic) bond motifs is 4. The molecular formula is C34H33BrN2. The number of nitrogens with zero attached hydrogens (tertiary/aromatic N) is 2. The van der Waals surface area contributed by atoms with Crippen molar-refractivity contribution in [1.29, 1.82) is 0 Å². The number of hydrogen-bond acceptors (Lipinski definition) is 1. The molecule has 2 aliphatic rings. The lowest BCUT2D eigenvalue weighted by Crippen LogP contribution is -2.12. The van der Waals surface area contributed by atoms with Crippen LogP contribution in [0.25, 0.3) is 28.1 Å². The molecule has 6 rings (SSSR count). The molecule has 2 heterocycles. The van der Waals surface area contributed by atoms with Crippen LogP contribution in [0.15, 0.2) is 87.5 Å². The van der Waals surface area contributed by atoms with Crippen molar-refractivity contribution in [2.45, 2.75) is 52.4 Å². The highest BCUT2D eigenvalue weighted by atomic mass is 79.9. The molecule has 3 heteroatoms. The quantitative estimate of drug-likeness (QED) is 0.241. The minimum absolute atomic E-state index is 0.432. The molecule has 0 fully saturated rings. The molecule has 2 nitrogen and oxygen atoms in total. The van der Waals surface area contributed by atoms with Crippen LogP contribution in [0.4, 0.5) is 0 Å². The topological polar surface area (TPSA) is 17.3 Å². The van der Waals surface area contributed by atoms with Crippen LogP contribution in [-0.4, -0.2) is 10.3 Å². The molecule has 0 spiro atoms. The minimum Gasteiger partial charge on any atom is -0.343 e. The number of aromatic nitrogens is 1. The summed E-state index contributed by atoms with van der Waals surface area (Å²) in [5, 5.41) is 2.52. The molecule has 0 unspecified atom stereocenters. The lowest BCUT2D eigenvalue weighted by molar-refractivity contribution is 0.831. The van der Waals surface area contributed by atoms with Gasteiger partial charge in [-0.2, -0.15) is 0 Å². The van der Waals surface area contributed by atoms with Gasteiger partial charge in [0, 0.05) is 33.4 Å². The van der Waals surface area contributed by atoms with Gasteiger partial charge in [-0.15, -0.1) is 0 Å². The Morgan fingerprint density at radius 3 is 2.46 bits per heavy atom. The van der Waals surface area contributed by atoms with Crippen molar-refractivity contribution in [3.8, 4) is 11.3 Å². The van der Waals surface area contributed by atoms with Crippen molar-refractivity contribution in [3.63, 3.8) is 0 Å². The Balaban J connectivity index is 1.55. The summed E-state index contributed by atoms with van der Waals surface area (Å²) in [7, 11) is 2.20. The van der Waals surface area contributed by atoms with Gasteiger partial charge in [0.15, 0.2) is 0 Å². The molecule has 0 atom stereocenters. The lowest BCUT2D eigenvalue weighted by atomic mass is 9.87. The second kappa shape index (κ2) is 9.29. The van der Waals surface area contributed by atoms with Crippen LogP contribution in [0.1, 0.15) is 73.9 Å². The van der Waals surface area contributed by atoms with E-state index in [-0.39, 0.29) is 0 Å². The highest BCUT2D eigenvalue weighted by Gasteiger charge is 2.25. The monoisotopic (exact) mass is 548 g/mol. The number of benzene rings is 3. The maximum absolute atomic E-state index is 5.13. The predicted octanol–water partition coefficient (Wildman–Crippen LogP) is 9.57. The van der Waals surface area contributed by atoms with E-state index in [0.717, 1.165) is 28.7 Å². The van der Waals surface area contributed by atoms with E-state index in [1.165, 1.54) is 55.6 Å². The number of halogens is 1. The van der Waals surface area contributed by atoms with E-state index in [0.29, 0.717) is 11.8 Å². The van der Waals surface area contributed by atoms with Crippen LogP contribution < -0.4 is 0 Å². The van der Waals surface area contributed by atoms with Gasteiger partial charge in [0.25, 0.3) is 0 Å². The summed E-state index contributed by atoms with van der Waals surface area (Å²) in [6, 6.07) is 22.4. The molecule has 0 radical (unpaired) electrons. The Morgan fingerprint density at radius 1 is 0.865 bits per heavy atom. The van der Waals surface area contributed by atoms with Gasteiger partial charge in [-0.25, -0.2) is 4.99 Å². The van der Waals surface area contributed by atoms with Gasteiger partial charge in [0.1, 0.15) is 0 Å². The van der Waals surface area contributed by atoms with Gasteiger partial charge < -0.3 is 4.57 Å². The SMILES string of the molecule is CC(C)c1ccc(-c2c3cc(Br)ccc3c(/C=C3/C=C4CCc5ccccc5C4=N3)n2C)c(C(C)C)c1. The maximum Gasteiger partial charge on any atom is 0.0744 e. The van der Waals surface area contributed by atoms with E-state index in [1.54, 1.807) is 0 Å². The zero-order valence-electron chi connectivity index (χ0n) is 22.3. The summed E-state index contributed by atoms with van der Waals surface area (Å²) < 4.78 is 3.47. The average Bonchev–Trinajstić information content (AvgIpc) is 3.42. The van der Waals surface area contributed by atoms with Crippen molar-refractivity contribution in [3.05, 3.63) is 110 Å². The number of rotatable bonds is 4. The van der Waals surface area contributed by atoms with Crippen molar-refractivity contribution in [2.75, 3.05) is 0 Å². The molecule has 186 valence electrons. The molecule has 1 aliphatic heterocycles. The molecule has 0 N–H and O–H groups in total. The van der Waals surface area contributed by atoms with E-state index in [1.807, 2.05) is 0 Å². The average molecular weight is 550 g/mol. The number of aryl methyl sites for hydroxylation is 1. The minimum atomic E-state index is 0.432. The summed E-state index contributed by atoms with van der Waals surface area (Å²) in [5.41, 5.74) is 12.8. The third-order valence-corrected chi connectivity index (χ3v) is 8.41. The summed E-state index contributed by atoms with van der Waals surface area (Å²) in [6.45, 7) is 9.14. The van der Waals surface area contributed by atoms with E-state index in [4.69, 9.17) is 4.99 Å². The fourth-order valence-corrected chi connectivity index (χ4v) is 6.27. The highest BCUT2D eigenvalue weighted by Crippen LogP contribution is 2.41. The predicted molar refractivity (Wildman–Crippen MR) is 162 cm³/mol. The summed E-state index contributed by atoms with van der Waals surface area (Å²) in [5.74, 6) is 0.941. The lowest BCUT2D eigenvalue weighted by Gasteiger charge is -2.18. The molecule has 0 amide bonds. The van der Waals surface area contributed by atoms with Crippen molar-refractivity contribution >= 4 is 38.5 Å². The molecule has 0 saturated carbocycles. The first-order valence-corrected chi connectivity index (χ1v) is 14.1. The van der Waals surface area contributed by atoms with Crippen LogP contribution >= 0.6 is 15.9 Å². The second-order valence-electron chi connectivity index (χ2n) is 11.0. The van der Waals surface area contributed by atoms with E-state index < -0.39 is 0 Å². The number of aliphatic imine (C=N–C) groups is 1. The summed E-state index contributed by atoms with van der Waals surface area (Å²) in [6.07, 6.45) is 6.71. The van der Waals surface area contributed by atoms with Gasteiger partial charge in [-0.1, -0.05) is 92.2 Å². The van der Waals surface area contributed by atoms with Crippen LogP contribution in [0.3, 0.4) is 0 Å². The molecule has 1 aliphatic carbocycles. The van der Waals surface area contributed by atoms with Crippen molar-refractivity contribution < 1.29 is 0 Å². The van der Waals surface area contributed by atoms with E-state index in [9.17, 15) is 0 Å². The largest absolute Gasteiger partial charge is 0.343 e. The van der Waals surface area contributed by atoms with Gasteiger partial charge in [-0.3, -0.25) is 0 Å². The first-order valence-electron chi connectivity index (χ1n) is 13.3. The third kappa shape index (κ3) is 4.14. The summed E-state index contributed by atoms with van der Waals surface area (Å²) in [4.78, 5) is 5.13. The molecule has 3 aromatic carbocycles. The fourth-order valence-electron chi connectivity index (χ4n) is 5.91. The first-order chi connectivity index (χ1) is 17.8. The Bertz CT molecular complexity index is 1640. The Morgan fingerprint density at radius 2 is 1.68 bits per heavy atom. The second-order valence-corrected chi connectivity index (χ2v) is 11.9. The standard InChI is InChI=1S/C34H33BrN2/c1-20(2)23-12-14-29(30(17-23)21(3)4)34-31-18-25(35)13-15-28(31)32(37(34)5)19-26-16-24-11-10-22-8-6-7-9-27(22)33(24)36-26/h6-9,12-21H,10-11H2,1-5H3/b26-19-. The zero-order chi connectivity index (χ0) is 25.8. The maximum atomic E-state index is 5.13. The molecule has 0 bridgehead atoms. The molecule has 0 saturated heterocycles. The molecule has 37 heavy (non-hydrogen) atoms. The zero-order valence-corrected chi connectivity index (χ0v) is 23.9. The Hall–Kier alpha value is -3.17. The number of hydrogen-bond donors (Lipinski definition) is 0. The third-order valence-electron chi connectivity index (χ3n) is 7.92. The Kier molecular flexibility index (Phi) is 6.07. The van der Waals surface area contributed by atoms with Gasteiger partial charge in [0.2, 0.25) is 0 Å².